The molecule has 1 atom stereocenters. The van der Waals surface area contributed by atoms with Crippen molar-refractivity contribution in [3.63, 3.8) is 0 Å². The molecule has 0 spiro atoms. The van der Waals surface area contributed by atoms with Gasteiger partial charge < -0.3 is 10.6 Å². The highest BCUT2D eigenvalue weighted by Crippen LogP contribution is 2.26. The summed E-state index contributed by atoms with van der Waals surface area (Å²) in [4.78, 5) is 0. The standard InChI is InChI=1S/C14H30N2/c1-12(13-8-6-5-7-9-13)15-10-11-16-14(2,3)4/h12-13,15-16H,5-11H2,1-4H3. The van der Waals surface area contributed by atoms with E-state index in [2.05, 4.69) is 38.3 Å². The third-order valence-electron chi connectivity index (χ3n) is 3.60. The van der Waals surface area contributed by atoms with Gasteiger partial charge in [0.1, 0.15) is 0 Å². The summed E-state index contributed by atoms with van der Waals surface area (Å²) in [6, 6.07) is 0.696. The third kappa shape index (κ3) is 5.86. The van der Waals surface area contributed by atoms with E-state index < -0.39 is 0 Å². The molecule has 0 amide bonds. The van der Waals surface area contributed by atoms with Gasteiger partial charge in [-0.25, -0.2) is 0 Å². The lowest BCUT2D eigenvalue weighted by molar-refractivity contribution is 0.279. The number of nitrogens with one attached hydrogen (secondary N) is 2. The van der Waals surface area contributed by atoms with Crippen LogP contribution in [-0.2, 0) is 0 Å². The van der Waals surface area contributed by atoms with Crippen LogP contribution in [0.25, 0.3) is 0 Å². The Bertz CT molecular complexity index is 178. The van der Waals surface area contributed by atoms with Crippen molar-refractivity contribution in [3.8, 4) is 0 Å². The fraction of sp³-hybridized carbons (Fsp3) is 1.00. The molecule has 16 heavy (non-hydrogen) atoms. The molecule has 1 unspecified atom stereocenters. The second-order valence-electron chi connectivity index (χ2n) is 6.32. The van der Waals surface area contributed by atoms with E-state index in [1.165, 1.54) is 32.1 Å². The SMILES string of the molecule is CC(NCCNC(C)(C)C)C1CCCCC1. The molecule has 1 saturated carbocycles. The first-order valence-corrected chi connectivity index (χ1v) is 6.97. The fourth-order valence-corrected chi connectivity index (χ4v) is 2.54. The quantitative estimate of drug-likeness (QED) is 0.704. The summed E-state index contributed by atoms with van der Waals surface area (Å²) in [6.45, 7) is 11.2. The van der Waals surface area contributed by atoms with Gasteiger partial charge in [-0.3, -0.25) is 0 Å². The molecule has 0 heterocycles. The topological polar surface area (TPSA) is 24.1 Å². The van der Waals surface area contributed by atoms with Gasteiger partial charge in [0, 0.05) is 24.7 Å². The molecule has 0 aliphatic heterocycles. The van der Waals surface area contributed by atoms with Crippen LogP contribution in [0.15, 0.2) is 0 Å². The maximum atomic E-state index is 3.66. The smallest absolute Gasteiger partial charge is 0.00970 e. The van der Waals surface area contributed by atoms with Crippen molar-refractivity contribution in [1.29, 1.82) is 0 Å². The largest absolute Gasteiger partial charge is 0.313 e. The second-order valence-corrected chi connectivity index (χ2v) is 6.32. The van der Waals surface area contributed by atoms with E-state index in [4.69, 9.17) is 0 Å². The Morgan fingerprint density at radius 1 is 1.06 bits per heavy atom. The predicted octanol–water partition coefficient (Wildman–Crippen LogP) is 2.93. The Kier molecular flexibility index (Phi) is 5.77. The van der Waals surface area contributed by atoms with Crippen LogP contribution < -0.4 is 10.6 Å². The van der Waals surface area contributed by atoms with Crippen molar-refractivity contribution >= 4 is 0 Å². The van der Waals surface area contributed by atoms with Gasteiger partial charge in [-0.2, -0.15) is 0 Å². The summed E-state index contributed by atoms with van der Waals surface area (Å²) in [5.41, 5.74) is 0.246. The van der Waals surface area contributed by atoms with Gasteiger partial charge in [0.05, 0.1) is 0 Å². The maximum absolute atomic E-state index is 3.66. The first-order valence-electron chi connectivity index (χ1n) is 6.97. The van der Waals surface area contributed by atoms with Gasteiger partial charge in [0.2, 0.25) is 0 Å². The summed E-state index contributed by atoms with van der Waals surface area (Å²) >= 11 is 0. The van der Waals surface area contributed by atoms with E-state index in [1.54, 1.807) is 0 Å². The maximum Gasteiger partial charge on any atom is 0.00970 e. The minimum Gasteiger partial charge on any atom is -0.313 e. The van der Waals surface area contributed by atoms with Crippen molar-refractivity contribution in [2.75, 3.05) is 13.1 Å². The lowest BCUT2D eigenvalue weighted by Gasteiger charge is -2.29. The zero-order valence-electron chi connectivity index (χ0n) is 11.6. The first kappa shape index (κ1) is 14.0. The van der Waals surface area contributed by atoms with Crippen molar-refractivity contribution in [2.24, 2.45) is 5.92 Å². The first-order chi connectivity index (χ1) is 7.49. The molecule has 96 valence electrons. The highest BCUT2D eigenvalue weighted by molar-refractivity contribution is 4.77. The summed E-state index contributed by atoms with van der Waals surface area (Å²) in [5, 5.41) is 7.18. The fourth-order valence-electron chi connectivity index (χ4n) is 2.54. The average Bonchev–Trinajstić information content (AvgIpc) is 2.24. The van der Waals surface area contributed by atoms with E-state index in [0.29, 0.717) is 6.04 Å². The molecule has 0 aromatic rings. The molecule has 0 aromatic carbocycles. The van der Waals surface area contributed by atoms with Crippen LogP contribution in [0, 0.1) is 5.92 Å². The van der Waals surface area contributed by atoms with Crippen molar-refractivity contribution in [2.45, 2.75) is 71.4 Å². The van der Waals surface area contributed by atoms with Crippen molar-refractivity contribution in [1.82, 2.24) is 10.6 Å². The van der Waals surface area contributed by atoms with Crippen LogP contribution in [0.2, 0.25) is 0 Å². The third-order valence-corrected chi connectivity index (χ3v) is 3.60. The summed E-state index contributed by atoms with van der Waals surface area (Å²) in [6.07, 6.45) is 7.20. The van der Waals surface area contributed by atoms with Crippen LogP contribution in [-0.4, -0.2) is 24.7 Å². The van der Waals surface area contributed by atoms with E-state index in [0.717, 1.165) is 19.0 Å². The molecule has 0 radical (unpaired) electrons. The molecule has 1 rings (SSSR count). The molecule has 2 nitrogen and oxygen atoms in total. The Balaban J connectivity index is 2.07. The minimum atomic E-state index is 0.246. The highest BCUT2D eigenvalue weighted by Gasteiger charge is 2.19. The lowest BCUT2D eigenvalue weighted by Crippen LogP contribution is -2.43. The zero-order valence-corrected chi connectivity index (χ0v) is 11.6. The molecule has 1 fully saturated rings. The number of rotatable bonds is 5. The molecule has 1 aliphatic rings. The summed E-state index contributed by atoms with van der Waals surface area (Å²) in [5.74, 6) is 0.920. The zero-order chi connectivity index (χ0) is 12.0. The molecule has 0 aromatic heterocycles. The normalized spacial score (nSPS) is 21.0. The lowest BCUT2D eigenvalue weighted by atomic mass is 9.84. The predicted molar refractivity (Wildman–Crippen MR) is 71.8 cm³/mol. The van der Waals surface area contributed by atoms with Gasteiger partial charge in [-0.15, -0.1) is 0 Å². The average molecular weight is 226 g/mol. The summed E-state index contributed by atoms with van der Waals surface area (Å²) < 4.78 is 0. The minimum absolute atomic E-state index is 0.246. The number of hydrogen-bond donors (Lipinski definition) is 2. The second kappa shape index (κ2) is 6.61. The Morgan fingerprint density at radius 3 is 2.25 bits per heavy atom. The van der Waals surface area contributed by atoms with Crippen LogP contribution in [0.3, 0.4) is 0 Å². The molecule has 1 aliphatic carbocycles. The molecular formula is C14H30N2. The van der Waals surface area contributed by atoms with Crippen LogP contribution in [0.5, 0.6) is 0 Å². The van der Waals surface area contributed by atoms with Gasteiger partial charge in [0.15, 0.2) is 0 Å². The Hall–Kier alpha value is -0.0800. The van der Waals surface area contributed by atoms with Gasteiger partial charge in [-0.1, -0.05) is 19.3 Å². The van der Waals surface area contributed by atoms with Crippen LogP contribution in [0.4, 0.5) is 0 Å². The Morgan fingerprint density at radius 2 is 1.69 bits per heavy atom. The van der Waals surface area contributed by atoms with E-state index in [-0.39, 0.29) is 5.54 Å². The molecule has 0 saturated heterocycles. The number of hydrogen-bond acceptors (Lipinski definition) is 2. The van der Waals surface area contributed by atoms with Crippen LogP contribution >= 0.6 is 0 Å². The molecule has 0 bridgehead atoms. The van der Waals surface area contributed by atoms with Crippen molar-refractivity contribution in [3.05, 3.63) is 0 Å². The highest BCUT2D eigenvalue weighted by atomic mass is 15.0. The van der Waals surface area contributed by atoms with E-state index in [9.17, 15) is 0 Å². The Labute approximate surface area is 102 Å². The monoisotopic (exact) mass is 226 g/mol. The van der Waals surface area contributed by atoms with E-state index in [1.807, 2.05) is 0 Å². The molecule has 2 heteroatoms. The van der Waals surface area contributed by atoms with Gasteiger partial charge in [-0.05, 0) is 46.5 Å². The summed E-state index contributed by atoms with van der Waals surface area (Å²) in [7, 11) is 0. The van der Waals surface area contributed by atoms with E-state index >= 15 is 0 Å². The van der Waals surface area contributed by atoms with Gasteiger partial charge in [0.25, 0.3) is 0 Å². The van der Waals surface area contributed by atoms with Crippen LogP contribution in [0.1, 0.15) is 59.8 Å². The van der Waals surface area contributed by atoms with Gasteiger partial charge >= 0.3 is 0 Å². The molecule has 2 N–H and O–H groups in total. The molecular weight excluding hydrogens is 196 g/mol. The van der Waals surface area contributed by atoms with Crippen molar-refractivity contribution < 1.29 is 0 Å².